The van der Waals surface area contributed by atoms with Crippen molar-refractivity contribution in [3.63, 3.8) is 0 Å². The van der Waals surface area contributed by atoms with E-state index >= 15 is 0 Å². The number of piperidine rings is 1. The predicted molar refractivity (Wildman–Crippen MR) is 114 cm³/mol. The van der Waals surface area contributed by atoms with Crippen LogP contribution in [0.15, 0.2) is 47.4 Å². The minimum absolute atomic E-state index is 0.0540. The van der Waals surface area contributed by atoms with Gasteiger partial charge in [0.05, 0.1) is 12.0 Å². The van der Waals surface area contributed by atoms with Gasteiger partial charge in [-0.2, -0.15) is 4.31 Å². The van der Waals surface area contributed by atoms with Crippen molar-refractivity contribution < 1.29 is 23.1 Å². The Labute approximate surface area is 177 Å². The van der Waals surface area contributed by atoms with E-state index in [1.807, 2.05) is 0 Å². The van der Waals surface area contributed by atoms with Gasteiger partial charge in [-0.3, -0.25) is 4.79 Å². The number of methoxy groups -OCH3 is 1. The van der Waals surface area contributed by atoms with Crippen LogP contribution in [0.4, 0.5) is 0 Å². The van der Waals surface area contributed by atoms with Crippen LogP contribution >= 0.6 is 0 Å². The van der Waals surface area contributed by atoms with Crippen molar-refractivity contribution in [3.8, 4) is 11.5 Å². The molecule has 0 aromatic heterocycles. The molecule has 162 valence electrons. The maximum Gasteiger partial charge on any atom is 0.243 e. The predicted octanol–water partition coefficient (Wildman–Crippen LogP) is 2.82. The monoisotopic (exact) mass is 432 g/mol. The number of aryl methyl sites for hydroxylation is 1. The molecule has 0 atom stereocenters. The van der Waals surface area contributed by atoms with Crippen molar-refractivity contribution in [2.75, 3.05) is 20.2 Å². The number of amides is 1. The maximum atomic E-state index is 12.7. The normalized spacial score (nSPS) is 15.0. The molecule has 1 aliphatic rings. The number of aromatic hydroxyl groups is 1. The standard InChI is InChI=1S/C22H28N2O5S/c1-29-21-15-18(7-11-20(21)25)16-23-22(26)12-8-17-5-9-19(10-6-17)30(27,28)24-13-3-2-4-14-24/h5-7,9-11,15,25H,2-4,8,12-14,16H2,1H3,(H,23,26). The van der Waals surface area contributed by atoms with Gasteiger partial charge in [-0.25, -0.2) is 8.42 Å². The molecule has 0 saturated carbocycles. The van der Waals surface area contributed by atoms with Crippen LogP contribution in [0, 0.1) is 0 Å². The fourth-order valence-corrected chi connectivity index (χ4v) is 4.98. The summed E-state index contributed by atoms with van der Waals surface area (Å²) in [6, 6.07) is 11.7. The number of carbonyl (C=O) groups is 1. The fraction of sp³-hybridized carbons (Fsp3) is 0.409. The molecule has 1 amide bonds. The Balaban J connectivity index is 1.50. The molecular formula is C22H28N2O5S. The van der Waals surface area contributed by atoms with Gasteiger partial charge in [-0.05, 0) is 54.7 Å². The molecule has 0 unspecified atom stereocenters. The largest absolute Gasteiger partial charge is 0.504 e. The third-order valence-corrected chi connectivity index (χ3v) is 7.16. The average molecular weight is 433 g/mol. The number of hydrogen-bond acceptors (Lipinski definition) is 5. The van der Waals surface area contributed by atoms with Crippen LogP contribution in [0.5, 0.6) is 11.5 Å². The summed E-state index contributed by atoms with van der Waals surface area (Å²) in [6.07, 6.45) is 3.71. The summed E-state index contributed by atoms with van der Waals surface area (Å²) in [6.45, 7) is 1.50. The van der Waals surface area contributed by atoms with Crippen molar-refractivity contribution in [2.45, 2.75) is 43.5 Å². The van der Waals surface area contributed by atoms with Crippen LogP contribution in [0.2, 0.25) is 0 Å². The SMILES string of the molecule is COc1cc(CNC(=O)CCc2ccc(S(=O)(=O)N3CCCCC3)cc2)ccc1O. The number of hydrogen-bond donors (Lipinski definition) is 2. The van der Waals surface area contributed by atoms with Gasteiger partial charge in [-0.15, -0.1) is 0 Å². The first kappa shape index (κ1) is 22.1. The van der Waals surface area contributed by atoms with Crippen LogP contribution in [0.1, 0.15) is 36.8 Å². The van der Waals surface area contributed by atoms with Crippen molar-refractivity contribution in [1.82, 2.24) is 9.62 Å². The van der Waals surface area contributed by atoms with Gasteiger partial charge in [0.2, 0.25) is 15.9 Å². The lowest BCUT2D eigenvalue weighted by atomic mass is 10.1. The van der Waals surface area contributed by atoms with E-state index in [0.29, 0.717) is 43.1 Å². The molecule has 7 nitrogen and oxygen atoms in total. The molecule has 2 N–H and O–H groups in total. The number of benzene rings is 2. The Morgan fingerprint density at radius 2 is 1.73 bits per heavy atom. The number of phenols is 1. The quantitative estimate of drug-likeness (QED) is 0.669. The lowest BCUT2D eigenvalue weighted by Gasteiger charge is -2.25. The van der Waals surface area contributed by atoms with Crippen LogP contribution in [0.25, 0.3) is 0 Å². The molecule has 2 aromatic rings. The number of phenolic OH excluding ortho intramolecular Hbond substituents is 1. The zero-order valence-corrected chi connectivity index (χ0v) is 18.0. The molecule has 0 spiro atoms. The topological polar surface area (TPSA) is 95.9 Å². The summed E-state index contributed by atoms with van der Waals surface area (Å²) >= 11 is 0. The highest BCUT2D eigenvalue weighted by molar-refractivity contribution is 7.89. The Hall–Kier alpha value is -2.58. The summed E-state index contributed by atoms with van der Waals surface area (Å²) < 4.78 is 32.0. The second-order valence-corrected chi connectivity index (χ2v) is 9.33. The summed E-state index contributed by atoms with van der Waals surface area (Å²) in [5.74, 6) is 0.312. The van der Waals surface area contributed by atoms with Crippen molar-refractivity contribution in [2.24, 2.45) is 0 Å². The van der Waals surface area contributed by atoms with E-state index < -0.39 is 10.0 Å². The molecule has 0 aliphatic carbocycles. The van der Waals surface area contributed by atoms with Crippen LogP contribution in [-0.2, 0) is 27.8 Å². The minimum Gasteiger partial charge on any atom is -0.504 e. The lowest BCUT2D eigenvalue weighted by Crippen LogP contribution is -2.35. The van der Waals surface area contributed by atoms with Gasteiger partial charge in [0.25, 0.3) is 0 Å². The van der Waals surface area contributed by atoms with E-state index in [4.69, 9.17) is 4.74 Å². The molecule has 1 saturated heterocycles. The first-order valence-electron chi connectivity index (χ1n) is 10.1. The number of sulfonamides is 1. The molecule has 3 rings (SSSR count). The van der Waals surface area contributed by atoms with E-state index in [-0.39, 0.29) is 11.7 Å². The number of carbonyl (C=O) groups excluding carboxylic acids is 1. The number of nitrogens with zero attached hydrogens (tertiary/aromatic N) is 1. The molecule has 1 aliphatic heterocycles. The zero-order chi connectivity index (χ0) is 21.6. The summed E-state index contributed by atoms with van der Waals surface area (Å²) in [5.41, 5.74) is 1.74. The minimum atomic E-state index is -3.43. The van der Waals surface area contributed by atoms with Crippen LogP contribution in [-0.4, -0.2) is 43.9 Å². The van der Waals surface area contributed by atoms with E-state index in [1.165, 1.54) is 13.2 Å². The van der Waals surface area contributed by atoms with E-state index in [1.54, 1.807) is 40.7 Å². The van der Waals surface area contributed by atoms with Gasteiger partial charge in [-0.1, -0.05) is 24.6 Å². The van der Waals surface area contributed by atoms with Gasteiger partial charge in [0.15, 0.2) is 11.5 Å². The average Bonchev–Trinajstić information content (AvgIpc) is 2.78. The van der Waals surface area contributed by atoms with Crippen molar-refractivity contribution >= 4 is 15.9 Å². The number of nitrogens with one attached hydrogen (secondary N) is 1. The lowest BCUT2D eigenvalue weighted by molar-refractivity contribution is -0.121. The molecular weight excluding hydrogens is 404 g/mol. The first-order valence-corrected chi connectivity index (χ1v) is 11.6. The Morgan fingerprint density at radius 3 is 2.40 bits per heavy atom. The van der Waals surface area contributed by atoms with E-state index in [2.05, 4.69) is 5.32 Å². The highest BCUT2D eigenvalue weighted by atomic mass is 32.2. The number of ether oxygens (including phenoxy) is 1. The van der Waals surface area contributed by atoms with Gasteiger partial charge >= 0.3 is 0 Å². The summed E-state index contributed by atoms with van der Waals surface area (Å²) in [4.78, 5) is 12.5. The van der Waals surface area contributed by atoms with Gasteiger partial charge < -0.3 is 15.2 Å². The maximum absolute atomic E-state index is 12.7. The van der Waals surface area contributed by atoms with E-state index in [9.17, 15) is 18.3 Å². The summed E-state index contributed by atoms with van der Waals surface area (Å²) in [5, 5.41) is 12.5. The fourth-order valence-electron chi connectivity index (χ4n) is 3.46. The van der Waals surface area contributed by atoms with Crippen molar-refractivity contribution in [1.29, 1.82) is 0 Å². The Bertz CT molecular complexity index is 968. The second kappa shape index (κ2) is 9.95. The molecule has 8 heteroatoms. The molecule has 0 radical (unpaired) electrons. The second-order valence-electron chi connectivity index (χ2n) is 7.39. The van der Waals surface area contributed by atoms with Crippen LogP contribution in [0.3, 0.4) is 0 Å². The molecule has 2 aromatic carbocycles. The van der Waals surface area contributed by atoms with Gasteiger partial charge in [0, 0.05) is 26.1 Å². The Kier molecular flexibility index (Phi) is 7.33. The summed E-state index contributed by atoms with van der Waals surface area (Å²) in [7, 11) is -1.96. The van der Waals surface area contributed by atoms with Gasteiger partial charge in [0.1, 0.15) is 0 Å². The van der Waals surface area contributed by atoms with Crippen LogP contribution < -0.4 is 10.1 Å². The third kappa shape index (κ3) is 5.52. The molecule has 1 heterocycles. The molecule has 1 fully saturated rings. The van der Waals surface area contributed by atoms with Crippen molar-refractivity contribution in [3.05, 3.63) is 53.6 Å². The third-order valence-electron chi connectivity index (χ3n) is 5.25. The molecule has 0 bridgehead atoms. The smallest absolute Gasteiger partial charge is 0.243 e. The first-order chi connectivity index (χ1) is 14.4. The molecule has 30 heavy (non-hydrogen) atoms. The number of rotatable bonds is 8. The highest BCUT2D eigenvalue weighted by Gasteiger charge is 2.25. The zero-order valence-electron chi connectivity index (χ0n) is 17.1. The Morgan fingerprint density at radius 1 is 1.07 bits per heavy atom. The highest BCUT2D eigenvalue weighted by Crippen LogP contribution is 2.26. The van der Waals surface area contributed by atoms with E-state index in [0.717, 1.165) is 30.4 Å².